The molecule has 1 amide bonds. The number of rotatable bonds is 3. The molecule has 0 bridgehead atoms. The second-order valence-corrected chi connectivity index (χ2v) is 6.38. The average molecular weight is 340 g/mol. The monoisotopic (exact) mass is 340 g/mol. The second-order valence-electron chi connectivity index (χ2n) is 6.38. The predicted molar refractivity (Wildman–Crippen MR) is 96.2 cm³/mol. The van der Waals surface area contributed by atoms with Gasteiger partial charge in [-0.2, -0.15) is 0 Å². The first kappa shape index (κ1) is 16.8. The average Bonchev–Trinajstić information content (AvgIpc) is 2.56. The van der Waals surface area contributed by atoms with Crippen molar-refractivity contribution >= 4 is 23.0 Å². The van der Waals surface area contributed by atoms with Crippen molar-refractivity contribution in [3.05, 3.63) is 62.7 Å². The van der Waals surface area contributed by atoms with E-state index in [9.17, 15) is 14.9 Å². The molecule has 0 heterocycles. The molecule has 7 heteroatoms. The van der Waals surface area contributed by atoms with Gasteiger partial charge in [-0.3, -0.25) is 14.9 Å². The Labute approximate surface area is 145 Å². The summed E-state index contributed by atoms with van der Waals surface area (Å²) in [5.41, 5.74) is 14.9. The van der Waals surface area contributed by atoms with Gasteiger partial charge in [0.05, 0.1) is 16.5 Å². The zero-order valence-corrected chi connectivity index (χ0v) is 13.9. The van der Waals surface area contributed by atoms with E-state index in [0.29, 0.717) is 11.3 Å². The maximum absolute atomic E-state index is 12.7. The number of nitrogen functional groups attached to an aromatic ring is 2. The molecule has 0 saturated heterocycles. The van der Waals surface area contributed by atoms with Crippen molar-refractivity contribution in [2.24, 2.45) is 0 Å². The molecule has 0 fully saturated rings. The van der Waals surface area contributed by atoms with Crippen molar-refractivity contribution in [3.63, 3.8) is 0 Å². The van der Waals surface area contributed by atoms with Gasteiger partial charge < -0.3 is 16.8 Å². The Balaban J connectivity index is 1.91. The summed E-state index contributed by atoms with van der Waals surface area (Å²) >= 11 is 0. The number of anilines is 2. The molecule has 0 aromatic heterocycles. The van der Waals surface area contributed by atoms with Crippen LogP contribution in [0.3, 0.4) is 0 Å². The lowest BCUT2D eigenvalue weighted by molar-refractivity contribution is -0.384. The fraction of sp³-hybridized carbons (Fsp3) is 0.278. The molecule has 3 rings (SSSR count). The van der Waals surface area contributed by atoms with Gasteiger partial charge in [0.1, 0.15) is 5.69 Å². The SMILES string of the molecule is Cc1cc(C(=O)NC2CCCc3cc(N)ccc32)c(N)c([N+](=O)[O-])c1. The van der Waals surface area contributed by atoms with E-state index in [1.54, 1.807) is 13.0 Å². The van der Waals surface area contributed by atoms with Crippen molar-refractivity contribution in [1.82, 2.24) is 5.32 Å². The number of benzene rings is 2. The van der Waals surface area contributed by atoms with E-state index < -0.39 is 10.8 Å². The summed E-state index contributed by atoms with van der Waals surface area (Å²) < 4.78 is 0. The highest BCUT2D eigenvalue weighted by Gasteiger charge is 2.25. The van der Waals surface area contributed by atoms with E-state index in [2.05, 4.69) is 5.32 Å². The molecule has 7 nitrogen and oxygen atoms in total. The molecule has 0 saturated carbocycles. The third-order valence-corrected chi connectivity index (χ3v) is 4.53. The number of nitro benzene ring substituents is 1. The second kappa shape index (κ2) is 6.43. The lowest BCUT2D eigenvalue weighted by atomic mass is 9.87. The van der Waals surface area contributed by atoms with Crippen LogP contribution < -0.4 is 16.8 Å². The maximum Gasteiger partial charge on any atom is 0.293 e. The number of hydrogen-bond acceptors (Lipinski definition) is 5. The minimum Gasteiger partial charge on any atom is -0.399 e. The highest BCUT2D eigenvalue weighted by atomic mass is 16.6. The van der Waals surface area contributed by atoms with E-state index in [-0.39, 0.29) is 23.0 Å². The fourth-order valence-corrected chi connectivity index (χ4v) is 3.34. The number of nitrogens with zero attached hydrogens (tertiary/aromatic N) is 1. The molecule has 2 aromatic carbocycles. The summed E-state index contributed by atoms with van der Waals surface area (Å²) in [7, 11) is 0. The van der Waals surface area contributed by atoms with E-state index >= 15 is 0 Å². The maximum atomic E-state index is 12.7. The van der Waals surface area contributed by atoms with Crippen molar-refractivity contribution < 1.29 is 9.72 Å². The van der Waals surface area contributed by atoms with Gasteiger partial charge in [-0.05, 0) is 61.1 Å². The number of nitrogens with one attached hydrogen (secondary N) is 1. The van der Waals surface area contributed by atoms with Gasteiger partial charge >= 0.3 is 0 Å². The molecule has 0 spiro atoms. The summed E-state index contributed by atoms with van der Waals surface area (Å²) in [5.74, 6) is -0.404. The van der Waals surface area contributed by atoms with Crippen LogP contribution in [0.4, 0.5) is 17.1 Å². The van der Waals surface area contributed by atoms with Crippen LogP contribution in [-0.2, 0) is 6.42 Å². The van der Waals surface area contributed by atoms with Crippen molar-refractivity contribution in [2.75, 3.05) is 11.5 Å². The number of carbonyl (C=O) groups is 1. The highest BCUT2D eigenvalue weighted by Crippen LogP contribution is 2.32. The largest absolute Gasteiger partial charge is 0.399 e. The molecule has 5 N–H and O–H groups in total. The van der Waals surface area contributed by atoms with Crippen molar-refractivity contribution in [1.29, 1.82) is 0 Å². The summed E-state index contributed by atoms with van der Waals surface area (Å²) in [6.07, 6.45) is 2.66. The van der Waals surface area contributed by atoms with Gasteiger partial charge in [-0.25, -0.2) is 0 Å². The number of carbonyl (C=O) groups excluding carboxylic acids is 1. The van der Waals surface area contributed by atoms with Gasteiger partial charge in [0.25, 0.3) is 11.6 Å². The summed E-state index contributed by atoms with van der Waals surface area (Å²) in [6, 6.07) is 8.46. The zero-order chi connectivity index (χ0) is 18.1. The Morgan fingerprint density at radius 1 is 1.28 bits per heavy atom. The molecule has 2 aromatic rings. The number of nitro groups is 1. The van der Waals surface area contributed by atoms with E-state index in [1.807, 2.05) is 18.2 Å². The summed E-state index contributed by atoms with van der Waals surface area (Å²) in [4.78, 5) is 23.2. The first-order valence-corrected chi connectivity index (χ1v) is 8.10. The minimum absolute atomic E-state index is 0.110. The van der Waals surface area contributed by atoms with Crippen LogP contribution in [0.1, 0.15) is 45.9 Å². The lowest BCUT2D eigenvalue weighted by Gasteiger charge is -2.27. The molecule has 130 valence electrons. The molecule has 1 aliphatic carbocycles. The van der Waals surface area contributed by atoms with Crippen molar-refractivity contribution in [2.45, 2.75) is 32.2 Å². The minimum atomic E-state index is -0.572. The van der Waals surface area contributed by atoms with Crippen LogP contribution in [0.2, 0.25) is 0 Å². The Hall–Kier alpha value is -3.09. The lowest BCUT2D eigenvalue weighted by Crippen LogP contribution is -2.31. The predicted octanol–water partition coefficient (Wildman–Crippen LogP) is 2.88. The number of hydrogen-bond donors (Lipinski definition) is 3. The molecule has 1 unspecified atom stereocenters. The van der Waals surface area contributed by atoms with Crippen LogP contribution in [0.15, 0.2) is 30.3 Å². The number of nitrogens with two attached hydrogens (primary N) is 2. The molecule has 0 radical (unpaired) electrons. The van der Waals surface area contributed by atoms with Crippen LogP contribution in [0.5, 0.6) is 0 Å². The van der Waals surface area contributed by atoms with Gasteiger partial charge in [0, 0.05) is 11.8 Å². The third-order valence-electron chi connectivity index (χ3n) is 4.53. The Morgan fingerprint density at radius 3 is 2.76 bits per heavy atom. The van der Waals surface area contributed by atoms with E-state index in [0.717, 1.165) is 30.4 Å². The fourth-order valence-electron chi connectivity index (χ4n) is 3.34. The van der Waals surface area contributed by atoms with E-state index in [4.69, 9.17) is 11.5 Å². The quantitative estimate of drug-likeness (QED) is 0.450. The van der Waals surface area contributed by atoms with Gasteiger partial charge in [0.2, 0.25) is 0 Å². The smallest absolute Gasteiger partial charge is 0.293 e. The summed E-state index contributed by atoms with van der Waals surface area (Å²) in [5, 5.41) is 14.1. The van der Waals surface area contributed by atoms with Gasteiger partial charge in [-0.15, -0.1) is 0 Å². The Morgan fingerprint density at radius 2 is 2.04 bits per heavy atom. The molecular weight excluding hydrogens is 320 g/mol. The van der Waals surface area contributed by atoms with Crippen LogP contribution >= 0.6 is 0 Å². The topological polar surface area (TPSA) is 124 Å². The molecule has 0 aliphatic heterocycles. The number of aryl methyl sites for hydroxylation is 2. The molecular formula is C18H20N4O3. The first-order valence-electron chi connectivity index (χ1n) is 8.10. The first-order chi connectivity index (χ1) is 11.9. The number of amides is 1. The van der Waals surface area contributed by atoms with Crippen LogP contribution in [-0.4, -0.2) is 10.8 Å². The normalized spacial score (nSPS) is 16.1. The van der Waals surface area contributed by atoms with Gasteiger partial charge in [-0.1, -0.05) is 6.07 Å². The zero-order valence-electron chi connectivity index (χ0n) is 13.9. The standard InChI is InChI=1S/C18H20N4O3/c1-10-7-14(17(20)16(8-10)22(24)25)18(23)21-15-4-2-3-11-9-12(19)5-6-13(11)15/h5-9,15H,2-4,19-20H2,1H3,(H,21,23). The molecule has 25 heavy (non-hydrogen) atoms. The van der Waals surface area contributed by atoms with Crippen LogP contribution in [0.25, 0.3) is 0 Å². The third kappa shape index (κ3) is 3.26. The molecule has 1 atom stereocenters. The van der Waals surface area contributed by atoms with Crippen LogP contribution in [0, 0.1) is 17.0 Å². The summed E-state index contributed by atoms with van der Waals surface area (Å²) in [6.45, 7) is 1.70. The van der Waals surface area contributed by atoms with E-state index in [1.165, 1.54) is 6.07 Å². The highest BCUT2D eigenvalue weighted by molar-refractivity contribution is 6.01. The molecule has 1 aliphatic rings. The Bertz CT molecular complexity index is 864. The Kier molecular flexibility index (Phi) is 4.31. The number of fused-ring (bicyclic) bond motifs is 1. The van der Waals surface area contributed by atoms with Crippen molar-refractivity contribution in [3.8, 4) is 0 Å². The van der Waals surface area contributed by atoms with Gasteiger partial charge in [0.15, 0.2) is 0 Å².